The summed E-state index contributed by atoms with van der Waals surface area (Å²) in [7, 11) is 0. The van der Waals surface area contributed by atoms with Gasteiger partial charge in [0.1, 0.15) is 5.75 Å². The average molecular weight is 290 g/mol. The van der Waals surface area contributed by atoms with Crippen LogP contribution in [-0.4, -0.2) is 18.6 Å². The van der Waals surface area contributed by atoms with Gasteiger partial charge in [0.2, 0.25) is 0 Å². The van der Waals surface area contributed by atoms with Gasteiger partial charge in [-0.3, -0.25) is 4.79 Å². The fourth-order valence-electron chi connectivity index (χ4n) is 3.01. The smallest absolute Gasteiger partial charge is 0.251 e. The zero-order valence-corrected chi connectivity index (χ0v) is 13.2. The number of nitrogen functional groups attached to an aromatic ring is 1. The van der Waals surface area contributed by atoms with E-state index in [4.69, 9.17) is 10.5 Å². The molecule has 0 heterocycles. The Balaban J connectivity index is 2.04. The van der Waals surface area contributed by atoms with E-state index in [0.29, 0.717) is 35.4 Å². The molecule has 21 heavy (non-hydrogen) atoms. The van der Waals surface area contributed by atoms with Crippen molar-refractivity contribution in [3.8, 4) is 5.75 Å². The molecule has 1 aliphatic carbocycles. The molecule has 1 amide bonds. The van der Waals surface area contributed by atoms with Gasteiger partial charge in [0, 0.05) is 11.6 Å². The summed E-state index contributed by atoms with van der Waals surface area (Å²) in [6, 6.07) is 5.49. The maximum absolute atomic E-state index is 12.4. The highest BCUT2D eigenvalue weighted by molar-refractivity contribution is 5.95. The van der Waals surface area contributed by atoms with Gasteiger partial charge in [-0.2, -0.15) is 0 Å². The van der Waals surface area contributed by atoms with Gasteiger partial charge in [0.05, 0.1) is 12.3 Å². The van der Waals surface area contributed by atoms with Gasteiger partial charge >= 0.3 is 0 Å². The van der Waals surface area contributed by atoms with Crippen molar-refractivity contribution in [1.82, 2.24) is 5.32 Å². The lowest BCUT2D eigenvalue weighted by molar-refractivity contribution is 0.0891. The van der Waals surface area contributed by atoms with Gasteiger partial charge in [-0.25, -0.2) is 0 Å². The number of carbonyl (C=O) groups is 1. The Bertz CT molecular complexity index is 502. The maximum atomic E-state index is 12.4. The van der Waals surface area contributed by atoms with Gasteiger partial charge in [-0.05, 0) is 43.4 Å². The van der Waals surface area contributed by atoms with Crippen LogP contribution in [0.25, 0.3) is 0 Å². The lowest BCUT2D eigenvalue weighted by Gasteiger charge is -2.34. The quantitative estimate of drug-likeness (QED) is 0.837. The molecule has 4 heteroatoms. The molecule has 3 N–H and O–H groups in total. The molecule has 1 aromatic rings. The first-order valence-electron chi connectivity index (χ1n) is 7.86. The lowest BCUT2D eigenvalue weighted by Crippen LogP contribution is -2.43. The fraction of sp³-hybridized carbons (Fsp3) is 0.588. The molecule has 0 bridgehead atoms. The number of hydrogen-bond donors (Lipinski definition) is 2. The molecule has 0 aromatic heterocycles. The minimum atomic E-state index is -0.0456. The molecule has 3 atom stereocenters. The first-order chi connectivity index (χ1) is 10.0. The van der Waals surface area contributed by atoms with Crippen LogP contribution in [0.3, 0.4) is 0 Å². The highest BCUT2D eigenvalue weighted by Crippen LogP contribution is 2.30. The number of hydrogen-bond acceptors (Lipinski definition) is 3. The number of carbonyl (C=O) groups excluding carboxylic acids is 1. The third-order valence-electron chi connectivity index (χ3n) is 4.60. The summed E-state index contributed by atoms with van der Waals surface area (Å²) in [5.41, 5.74) is 7.03. The molecule has 0 radical (unpaired) electrons. The van der Waals surface area contributed by atoms with Crippen LogP contribution in [-0.2, 0) is 0 Å². The fourth-order valence-corrected chi connectivity index (χ4v) is 3.01. The number of benzene rings is 1. The molecular formula is C17H26N2O2. The summed E-state index contributed by atoms with van der Waals surface area (Å²) in [5.74, 6) is 1.77. The SMILES string of the molecule is CCOc1ccc(C(=O)NC2CCCC(C)C2C)cc1N. The van der Waals surface area contributed by atoms with E-state index >= 15 is 0 Å². The minimum absolute atomic E-state index is 0.0456. The Labute approximate surface area is 127 Å². The van der Waals surface area contributed by atoms with Crippen LogP contribution in [0.15, 0.2) is 18.2 Å². The van der Waals surface area contributed by atoms with Crippen LogP contribution < -0.4 is 15.8 Å². The largest absolute Gasteiger partial charge is 0.492 e. The Morgan fingerprint density at radius 2 is 2.14 bits per heavy atom. The molecule has 0 spiro atoms. The number of amides is 1. The predicted molar refractivity (Wildman–Crippen MR) is 85.5 cm³/mol. The first-order valence-corrected chi connectivity index (χ1v) is 7.86. The molecule has 4 nitrogen and oxygen atoms in total. The monoisotopic (exact) mass is 290 g/mol. The van der Waals surface area contributed by atoms with Crippen molar-refractivity contribution in [1.29, 1.82) is 0 Å². The zero-order chi connectivity index (χ0) is 15.4. The number of ether oxygens (including phenoxy) is 1. The third-order valence-corrected chi connectivity index (χ3v) is 4.60. The van der Waals surface area contributed by atoms with Crippen LogP contribution in [0.1, 0.15) is 50.4 Å². The highest BCUT2D eigenvalue weighted by atomic mass is 16.5. The van der Waals surface area contributed by atoms with E-state index in [0.717, 1.165) is 6.42 Å². The summed E-state index contributed by atoms with van der Waals surface area (Å²) in [6.07, 6.45) is 3.50. The van der Waals surface area contributed by atoms with Crippen molar-refractivity contribution in [2.45, 2.75) is 46.1 Å². The molecular weight excluding hydrogens is 264 g/mol. The topological polar surface area (TPSA) is 64.3 Å². The van der Waals surface area contributed by atoms with E-state index in [2.05, 4.69) is 19.2 Å². The van der Waals surface area contributed by atoms with Crippen molar-refractivity contribution in [2.75, 3.05) is 12.3 Å². The number of nitrogens with one attached hydrogen (secondary N) is 1. The van der Waals surface area contributed by atoms with Crippen LogP contribution in [0.4, 0.5) is 5.69 Å². The number of rotatable bonds is 4. The Morgan fingerprint density at radius 3 is 2.81 bits per heavy atom. The highest BCUT2D eigenvalue weighted by Gasteiger charge is 2.28. The molecule has 0 aliphatic heterocycles. The summed E-state index contributed by atoms with van der Waals surface area (Å²) >= 11 is 0. The second-order valence-electron chi connectivity index (χ2n) is 6.03. The van der Waals surface area contributed by atoms with E-state index in [1.807, 2.05) is 6.92 Å². The predicted octanol–water partition coefficient (Wildman–Crippen LogP) is 3.22. The lowest BCUT2D eigenvalue weighted by atomic mass is 9.78. The van der Waals surface area contributed by atoms with Crippen LogP contribution in [0.2, 0.25) is 0 Å². The standard InChI is InChI=1S/C17H26N2O2/c1-4-21-16-9-8-13(10-14(16)18)17(20)19-15-7-5-6-11(2)12(15)3/h8-12,15H,4-7,18H2,1-3H3,(H,19,20). The summed E-state index contributed by atoms with van der Waals surface area (Å²) in [4.78, 5) is 12.4. The number of anilines is 1. The summed E-state index contributed by atoms with van der Waals surface area (Å²) in [6.45, 7) is 6.96. The Hall–Kier alpha value is -1.71. The summed E-state index contributed by atoms with van der Waals surface area (Å²) < 4.78 is 5.40. The van der Waals surface area contributed by atoms with E-state index < -0.39 is 0 Å². The Kier molecular flexibility index (Phi) is 5.10. The number of nitrogens with two attached hydrogens (primary N) is 1. The van der Waals surface area contributed by atoms with Crippen LogP contribution >= 0.6 is 0 Å². The molecule has 1 saturated carbocycles. The van der Waals surface area contributed by atoms with Gasteiger partial charge in [0.15, 0.2) is 0 Å². The van der Waals surface area contributed by atoms with E-state index in [9.17, 15) is 4.79 Å². The van der Waals surface area contributed by atoms with E-state index in [-0.39, 0.29) is 11.9 Å². The normalized spacial score (nSPS) is 25.4. The Morgan fingerprint density at radius 1 is 1.38 bits per heavy atom. The maximum Gasteiger partial charge on any atom is 0.251 e. The second-order valence-corrected chi connectivity index (χ2v) is 6.03. The molecule has 3 unspecified atom stereocenters. The molecule has 2 rings (SSSR count). The minimum Gasteiger partial charge on any atom is -0.492 e. The van der Waals surface area contributed by atoms with Crippen molar-refractivity contribution < 1.29 is 9.53 Å². The van der Waals surface area contributed by atoms with E-state index in [1.165, 1.54) is 12.8 Å². The first kappa shape index (κ1) is 15.7. The van der Waals surface area contributed by atoms with Gasteiger partial charge in [0.25, 0.3) is 5.91 Å². The third kappa shape index (κ3) is 3.69. The molecule has 1 aromatic carbocycles. The van der Waals surface area contributed by atoms with Gasteiger partial charge in [-0.1, -0.05) is 26.7 Å². The molecule has 1 aliphatic rings. The van der Waals surface area contributed by atoms with Crippen molar-refractivity contribution in [3.05, 3.63) is 23.8 Å². The van der Waals surface area contributed by atoms with Crippen LogP contribution in [0, 0.1) is 11.8 Å². The van der Waals surface area contributed by atoms with Crippen molar-refractivity contribution >= 4 is 11.6 Å². The summed E-state index contributed by atoms with van der Waals surface area (Å²) in [5, 5.41) is 3.16. The van der Waals surface area contributed by atoms with E-state index in [1.54, 1.807) is 18.2 Å². The zero-order valence-electron chi connectivity index (χ0n) is 13.2. The molecule has 0 saturated heterocycles. The second kappa shape index (κ2) is 6.83. The van der Waals surface area contributed by atoms with Gasteiger partial charge in [-0.15, -0.1) is 0 Å². The average Bonchev–Trinajstić information content (AvgIpc) is 2.46. The van der Waals surface area contributed by atoms with Crippen LogP contribution in [0.5, 0.6) is 5.75 Å². The molecule has 1 fully saturated rings. The molecule has 116 valence electrons. The van der Waals surface area contributed by atoms with Crippen molar-refractivity contribution in [3.63, 3.8) is 0 Å². The van der Waals surface area contributed by atoms with Crippen molar-refractivity contribution in [2.24, 2.45) is 11.8 Å². The van der Waals surface area contributed by atoms with Gasteiger partial charge < -0.3 is 15.8 Å².